The minimum absolute atomic E-state index is 0.387. The van der Waals surface area contributed by atoms with Gasteiger partial charge in [-0.2, -0.15) is 4.98 Å². The van der Waals surface area contributed by atoms with Gasteiger partial charge in [-0.1, -0.05) is 25.1 Å². The summed E-state index contributed by atoms with van der Waals surface area (Å²) in [6.07, 6.45) is 3.20. The Balaban J connectivity index is 2.24. The second kappa shape index (κ2) is 5.73. The molecule has 0 fully saturated rings. The van der Waals surface area contributed by atoms with Gasteiger partial charge in [-0.25, -0.2) is 0 Å². The first-order valence-corrected chi connectivity index (χ1v) is 6.19. The highest BCUT2D eigenvalue weighted by Crippen LogP contribution is 2.18. The second-order valence-corrected chi connectivity index (χ2v) is 4.14. The maximum atomic E-state index is 9.55. The Kier molecular flexibility index (Phi) is 4.04. The van der Waals surface area contributed by atoms with Gasteiger partial charge < -0.3 is 9.63 Å². The van der Waals surface area contributed by atoms with Crippen molar-refractivity contribution >= 4 is 0 Å². The number of aliphatic hydroxyl groups is 1. The van der Waals surface area contributed by atoms with E-state index < -0.39 is 6.10 Å². The highest BCUT2D eigenvalue weighted by Gasteiger charge is 2.14. The van der Waals surface area contributed by atoms with E-state index in [0.717, 1.165) is 17.7 Å². The Hall–Kier alpha value is -1.75. The Bertz CT molecular complexity index is 510. The maximum Gasteiger partial charge on any atom is 0.229 e. The zero-order valence-electron chi connectivity index (χ0n) is 10.6. The number of nitrogens with zero attached hydrogens (tertiary/aromatic N) is 3. The van der Waals surface area contributed by atoms with E-state index in [0.29, 0.717) is 24.6 Å². The highest BCUT2D eigenvalue weighted by molar-refractivity contribution is 5.53. The minimum atomic E-state index is -0.437. The zero-order chi connectivity index (χ0) is 13.0. The lowest BCUT2D eigenvalue weighted by molar-refractivity contribution is 0.158. The van der Waals surface area contributed by atoms with E-state index in [2.05, 4.69) is 22.0 Å². The van der Waals surface area contributed by atoms with E-state index in [1.54, 1.807) is 6.20 Å². The molecule has 2 heterocycles. The Morgan fingerprint density at radius 2 is 2.22 bits per heavy atom. The average molecular weight is 247 g/mol. The fourth-order valence-electron chi connectivity index (χ4n) is 1.71. The Labute approximate surface area is 106 Å². The molecule has 0 amide bonds. The van der Waals surface area contributed by atoms with Gasteiger partial charge in [-0.3, -0.25) is 4.98 Å². The molecule has 0 aromatic carbocycles. The van der Waals surface area contributed by atoms with Crippen LogP contribution in [0.1, 0.15) is 31.7 Å². The van der Waals surface area contributed by atoms with Crippen LogP contribution in [0.15, 0.2) is 22.9 Å². The number of aliphatic hydroxyl groups excluding tert-OH is 1. The monoisotopic (exact) mass is 247 g/mol. The highest BCUT2D eigenvalue weighted by atomic mass is 16.5. The Morgan fingerprint density at radius 1 is 1.39 bits per heavy atom. The molecule has 0 aliphatic heterocycles. The number of rotatable bonds is 5. The molecule has 2 aromatic heterocycles. The summed E-state index contributed by atoms with van der Waals surface area (Å²) in [7, 11) is 0. The van der Waals surface area contributed by atoms with Crippen molar-refractivity contribution in [2.45, 2.75) is 39.2 Å². The van der Waals surface area contributed by atoms with Gasteiger partial charge in [0.1, 0.15) is 5.69 Å². The third-order valence-electron chi connectivity index (χ3n) is 2.83. The first-order chi connectivity index (χ1) is 8.74. The molecule has 96 valence electrons. The normalized spacial score (nSPS) is 12.6. The summed E-state index contributed by atoms with van der Waals surface area (Å²) in [4.78, 5) is 8.56. The quantitative estimate of drug-likeness (QED) is 0.875. The summed E-state index contributed by atoms with van der Waals surface area (Å²) in [6, 6.07) is 3.89. The van der Waals surface area contributed by atoms with Crippen molar-refractivity contribution in [2.75, 3.05) is 0 Å². The van der Waals surface area contributed by atoms with Crippen LogP contribution in [0.3, 0.4) is 0 Å². The molecule has 0 spiro atoms. The predicted octanol–water partition coefficient (Wildman–Crippen LogP) is 2.01. The van der Waals surface area contributed by atoms with Gasteiger partial charge in [0.05, 0.1) is 12.5 Å². The first kappa shape index (κ1) is 12.7. The summed E-state index contributed by atoms with van der Waals surface area (Å²) >= 11 is 0. The van der Waals surface area contributed by atoms with Gasteiger partial charge >= 0.3 is 0 Å². The lowest BCUT2D eigenvalue weighted by Crippen LogP contribution is -2.08. The summed E-state index contributed by atoms with van der Waals surface area (Å²) in [5.41, 5.74) is 1.84. The third-order valence-corrected chi connectivity index (χ3v) is 2.83. The van der Waals surface area contributed by atoms with Crippen molar-refractivity contribution in [1.82, 2.24) is 15.1 Å². The largest absolute Gasteiger partial charge is 0.393 e. The van der Waals surface area contributed by atoms with Crippen LogP contribution in [-0.2, 0) is 12.8 Å². The van der Waals surface area contributed by atoms with Crippen molar-refractivity contribution < 1.29 is 9.63 Å². The molecule has 0 aliphatic carbocycles. The van der Waals surface area contributed by atoms with Crippen LogP contribution in [0.2, 0.25) is 0 Å². The number of hydrogen-bond donors (Lipinski definition) is 1. The molecule has 5 heteroatoms. The van der Waals surface area contributed by atoms with Crippen molar-refractivity contribution in [1.29, 1.82) is 0 Å². The van der Waals surface area contributed by atoms with Crippen LogP contribution in [-0.4, -0.2) is 26.3 Å². The number of pyridine rings is 1. The summed E-state index contributed by atoms with van der Waals surface area (Å²) < 4.78 is 5.13. The zero-order valence-corrected chi connectivity index (χ0v) is 10.6. The van der Waals surface area contributed by atoms with Gasteiger partial charge in [0.2, 0.25) is 11.7 Å². The summed E-state index contributed by atoms with van der Waals surface area (Å²) in [6.45, 7) is 3.97. The summed E-state index contributed by atoms with van der Waals surface area (Å²) in [5, 5.41) is 13.5. The van der Waals surface area contributed by atoms with E-state index in [4.69, 9.17) is 4.52 Å². The molecule has 0 bridgehead atoms. The molecule has 1 atom stereocenters. The Morgan fingerprint density at radius 3 is 2.94 bits per heavy atom. The predicted molar refractivity (Wildman–Crippen MR) is 66.9 cm³/mol. The molecule has 0 saturated heterocycles. The van der Waals surface area contributed by atoms with Gasteiger partial charge in [0.15, 0.2) is 0 Å². The topological polar surface area (TPSA) is 72.0 Å². The molecule has 5 nitrogen and oxygen atoms in total. The van der Waals surface area contributed by atoms with Crippen LogP contribution in [0.25, 0.3) is 11.5 Å². The van der Waals surface area contributed by atoms with Crippen LogP contribution in [0, 0.1) is 0 Å². The minimum Gasteiger partial charge on any atom is -0.393 e. The van der Waals surface area contributed by atoms with E-state index in [9.17, 15) is 5.11 Å². The van der Waals surface area contributed by atoms with Gasteiger partial charge in [-0.05, 0) is 24.5 Å². The SMILES string of the molecule is CCc1cccnc1-c1noc(CC(O)CC)n1. The molecular formula is C13H17N3O2. The molecule has 2 rings (SSSR count). The fourth-order valence-corrected chi connectivity index (χ4v) is 1.71. The lowest BCUT2D eigenvalue weighted by Gasteiger charge is -2.02. The molecular weight excluding hydrogens is 230 g/mol. The van der Waals surface area contributed by atoms with Crippen molar-refractivity contribution in [2.24, 2.45) is 0 Å². The lowest BCUT2D eigenvalue weighted by atomic mass is 10.1. The standard InChI is InChI=1S/C13H17N3O2/c1-3-9-6-5-7-14-12(9)13-15-11(18-16-13)8-10(17)4-2/h5-7,10,17H,3-4,8H2,1-2H3. The van der Waals surface area contributed by atoms with Gasteiger partial charge in [-0.15, -0.1) is 0 Å². The van der Waals surface area contributed by atoms with Crippen LogP contribution in [0.5, 0.6) is 0 Å². The molecule has 2 aromatic rings. The number of aromatic nitrogens is 3. The second-order valence-electron chi connectivity index (χ2n) is 4.14. The fraction of sp³-hybridized carbons (Fsp3) is 0.462. The molecule has 1 unspecified atom stereocenters. The molecule has 0 radical (unpaired) electrons. The van der Waals surface area contributed by atoms with E-state index in [-0.39, 0.29) is 0 Å². The van der Waals surface area contributed by atoms with Crippen LogP contribution < -0.4 is 0 Å². The van der Waals surface area contributed by atoms with Gasteiger partial charge in [0, 0.05) is 6.20 Å². The third kappa shape index (κ3) is 2.73. The number of aryl methyl sites for hydroxylation is 1. The maximum absolute atomic E-state index is 9.55. The average Bonchev–Trinajstić information content (AvgIpc) is 2.86. The van der Waals surface area contributed by atoms with Crippen molar-refractivity contribution in [3.63, 3.8) is 0 Å². The molecule has 1 N–H and O–H groups in total. The van der Waals surface area contributed by atoms with E-state index >= 15 is 0 Å². The van der Waals surface area contributed by atoms with Crippen LogP contribution in [0.4, 0.5) is 0 Å². The molecule has 0 aliphatic rings. The van der Waals surface area contributed by atoms with E-state index in [1.807, 2.05) is 19.1 Å². The van der Waals surface area contributed by atoms with Crippen molar-refractivity contribution in [3.05, 3.63) is 29.8 Å². The van der Waals surface area contributed by atoms with E-state index in [1.165, 1.54) is 0 Å². The summed E-state index contributed by atoms with van der Waals surface area (Å²) in [5.74, 6) is 0.942. The molecule has 0 saturated carbocycles. The smallest absolute Gasteiger partial charge is 0.229 e. The number of hydrogen-bond acceptors (Lipinski definition) is 5. The molecule has 18 heavy (non-hydrogen) atoms. The van der Waals surface area contributed by atoms with Crippen LogP contribution >= 0.6 is 0 Å². The van der Waals surface area contributed by atoms with Gasteiger partial charge in [0.25, 0.3) is 0 Å². The van der Waals surface area contributed by atoms with Crippen molar-refractivity contribution in [3.8, 4) is 11.5 Å². The first-order valence-electron chi connectivity index (χ1n) is 6.19.